The Morgan fingerprint density at radius 3 is 2.83 bits per heavy atom. The maximum atomic E-state index is 12.2. The molecule has 1 amide bonds. The van der Waals surface area contributed by atoms with Crippen molar-refractivity contribution in [3.63, 3.8) is 0 Å². The van der Waals surface area contributed by atoms with Gasteiger partial charge in [0.15, 0.2) is 0 Å². The van der Waals surface area contributed by atoms with Crippen LogP contribution < -0.4 is 5.73 Å². The highest BCUT2D eigenvalue weighted by Gasteiger charge is 2.25. The lowest BCUT2D eigenvalue weighted by atomic mass is 9.97. The van der Waals surface area contributed by atoms with Crippen LogP contribution in [0.3, 0.4) is 0 Å². The first-order valence-corrected chi connectivity index (χ1v) is 6.65. The first-order valence-electron chi connectivity index (χ1n) is 6.65. The van der Waals surface area contributed by atoms with Crippen molar-refractivity contribution in [1.29, 1.82) is 0 Å². The minimum absolute atomic E-state index is 0.0657. The summed E-state index contributed by atoms with van der Waals surface area (Å²) in [5.41, 5.74) is 5.64. The first-order chi connectivity index (χ1) is 8.74. The van der Waals surface area contributed by atoms with Crippen LogP contribution in [0.15, 0.2) is 0 Å². The Bertz CT molecular complexity index is 395. The van der Waals surface area contributed by atoms with Gasteiger partial charge in [0.1, 0.15) is 5.82 Å². The number of hydrogen-bond donors (Lipinski definition) is 2. The van der Waals surface area contributed by atoms with Crippen LogP contribution in [0.4, 0.5) is 0 Å². The average molecular weight is 251 g/mol. The number of piperidine rings is 1. The van der Waals surface area contributed by atoms with Gasteiger partial charge < -0.3 is 10.6 Å². The second kappa shape index (κ2) is 5.95. The molecular weight excluding hydrogens is 230 g/mol. The van der Waals surface area contributed by atoms with Gasteiger partial charge in [-0.3, -0.25) is 9.89 Å². The smallest absolute Gasteiger partial charge is 0.293 e. The fraction of sp³-hybridized carbons (Fsp3) is 0.750. The summed E-state index contributed by atoms with van der Waals surface area (Å²) in [5.74, 6) is 1.57. The highest BCUT2D eigenvalue weighted by molar-refractivity contribution is 5.90. The van der Waals surface area contributed by atoms with Gasteiger partial charge in [0.2, 0.25) is 5.82 Å². The summed E-state index contributed by atoms with van der Waals surface area (Å²) < 4.78 is 0. The van der Waals surface area contributed by atoms with Crippen molar-refractivity contribution < 1.29 is 4.79 Å². The number of aromatic amines is 1. The molecule has 0 unspecified atom stereocenters. The van der Waals surface area contributed by atoms with Crippen molar-refractivity contribution in [2.24, 2.45) is 11.7 Å². The summed E-state index contributed by atoms with van der Waals surface area (Å²) in [6.07, 6.45) is 3.78. The van der Waals surface area contributed by atoms with Crippen molar-refractivity contribution in [1.82, 2.24) is 20.1 Å². The number of nitrogens with two attached hydrogens (primary N) is 1. The summed E-state index contributed by atoms with van der Waals surface area (Å²) in [4.78, 5) is 18.2. The number of rotatable bonds is 4. The van der Waals surface area contributed by atoms with E-state index in [1.54, 1.807) is 0 Å². The van der Waals surface area contributed by atoms with E-state index in [1.807, 2.05) is 4.90 Å². The normalized spacial score (nSPS) is 17.1. The van der Waals surface area contributed by atoms with Crippen LogP contribution in [0.2, 0.25) is 0 Å². The molecule has 2 rings (SSSR count). The predicted molar refractivity (Wildman–Crippen MR) is 68.1 cm³/mol. The predicted octanol–water partition coefficient (Wildman–Crippen LogP) is 0.568. The van der Waals surface area contributed by atoms with Gasteiger partial charge in [-0.2, -0.15) is 0 Å². The van der Waals surface area contributed by atoms with E-state index in [1.165, 1.54) is 0 Å². The third kappa shape index (κ3) is 2.87. The van der Waals surface area contributed by atoms with Gasteiger partial charge in [0, 0.05) is 19.5 Å². The van der Waals surface area contributed by atoms with Crippen LogP contribution in [0, 0.1) is 5.92 Å². The van der Waals surface area contributed by atoms with Crippen LogP contribution in [-0.2, 0) is 6.42 Å². The topological polar surface area (TPSA) is 87.9 Å². The summed E-state index contributed by atoms with van der Waals surface area (Å²) in [5, 5.41) is 6.82. The highest BCUT2D eigenvalue weighted by atomic mass is 16.2. The molecule has 100 valence electrons. The van der Waals surface area contributed by atoms with Gasteiger partial charge in [-0.05, 0) is 31.7 Å². The van der Waals surface area contributed by atoms with Gasteiger partial charge in [0.05, 0.1) is 0 Å². The molecular formula is C12H21N5O. The highest BCUT2D eigenvalue weighted by Crippen LogP contribution is 2.17. The van der Waals surface area contributed by atoms with Crippen LogP contribution in [-0.4, -0.2) is 45.6 Å². The number of hydrogen-bond acceptors (Lipinski definition) is 4. The summed E-state index contributed by atoms with van der Waals surface area (Å²) in [6.45, 7) is 4.31. The van der Waals surface area contributed by atoms with Gasteiger partial charge in [-0.1, -0.05) is 6.92 Å². The van der Waals surface area contributed by atoms with Crippen LogP contribution in [0.25, 0.3) is 0 Å². The monoisotopic (exact) mass is 251 g/mol. The molecule has 1 fully saturated rings. The van der Waals surface area contributed by atoms with E-state index in [0.717, 1.165) is 44.6 Å². The van der Waals surface area contributed by atoms with Crippen molar-refractivity contribution in [3.8, 4) is 0 Å². The lowest BCUT2D eigenvalue weighted by molar-refractivity contribution is 0.0681. The molecule has 18 heavy (non-hydrogen) atoms. The molecule has 1 aromatic heterocycles. The average Bonchev–Trinajstić information content (AvgIpc) is 2.87. The molecule has 0 radical (unpaired) electrons. The van der Waals surface area contributed by atoms with Crippen LogP contribution in [0.5, 0.6) is 0 Å². The van der Waals surface area contributed by atoms with Crippen LogP contribution >= 0.6 is 0 Å². The van der Waals surface area contributed by atoms with E-state index in [2.05, 4.69) is 22.1 Å². The Morgan fingerprint density at radius 2 is 2.22 bits per heavy atom. The molecule has 6 heteroatoms. The number of aromatic nitrogens is 3. The molecule has 0 atom stereocenters. The minimum Gasteiger partial charge on any atom is -0.336 e. The Labute approximate surface area is 107 Å². The van der Waals surface area contributed by atoms with Crippen molar-refractivity contribution >= 4 is 5.91 Å². The number of nitrogens with one attached hydrogen (secondary N) is 1. The molecule has 0 spiro atoms. The SMILES string of the molecule is CCCc1nc(C(=O)N2CCC(CN)CC2)n[nH]1. The number of likely N-dealkylation sites (tertiary alicyclic amines) is 1. The number of carbonyl (C=O) groups is 1. The standard InChI is InChI=1S/C12H21N5O/c1-2-3-10-14-11(16-15-10)12(18)17-6-4-9(8-13)5-7-17/h9H,2-8,13H2,1H3,(H,14,15,16). The molecule has 2 heterocycles. The largest absolute Gasteiger partial charge is 0.336 e. The fourth-order valence-corrected chi connectivity index (χ4v) is 2.25. The molecule has 1 saturated heterocycles. The first kappa shape index (κ1) is 13.0. The van der Waals surface area contributed by atoms with E-state index in [4.69, 9.17) is 5.73 Å². The zero-order chi connectivity index (χ0) is 13.0. The zero-order valence-corrected chi connectivity index (χ0v) is 10.9. The number of amides is 1. The molecule has 1 aromatic rings. The Hall–Kier alpha value is -1.43. The molecule has 0 aromatic carbocycles. The van der Waals surface area contributed by atoms with Gasteiger partial charge in [0.25, 0.3) is 5.91 Å². The van der Waals surface area contributed by atoms with Gasteiger partial charge >= 0.3 is 0 Å². The third-order valence-corrected chi connectivity index (χ3v) is 3.44. The Kier molecular flexibility index (Phi) is 4.30. The van der Waals surface area contributed by atoms with Crippen molar-refractivity contribution in [2.45, 2.75) is 32.6 Å². The quantitative estimate of drug-likeness (QED) is 0.818. The molecule has 0 saturated carbocycles. The fourth-order valence-electron chi connectivity index (χ4n) is 2.25. The van der Waals surface area contributed by atoms with Crippen molar-refractivity contribution in [2.75, 3.05) is 19.6 Å². The van der Waals surface area contributed by atoms with E-state index in [-0.39, 0.29) is 5.91 Å². The van der Waals surface area contributed by atoms with Crippen LogP contribution in [0.1, 0.15) is 42.6 Å². The molecule has 1 aliphatic heterocycles. The summed E-state index contributed by atoms with van der Waals surface area (Å²) in [6, 6.07) is 0. The maximum Gasteiger partial charge on any atom is 0.293 e. The molecule has 0 bridgehead atoms. The van der Waals surface area contributed by atoms with Crippen molar-refractivity contribution in [3.05, 3.63) is 11.6 Å². The van der Waals surface area contributed by atoms with E-state index in [9.17, 15) is 4.79 Å². The lowest BCUT2D eigenvalue weighted by Gasteiger charge is -2.30. The molecule has 0 aliphatic carbocycles. The third-order valence-electron chi connectivity index (χ3n) is 3.44. The van der Waals surface area contributed by atoms with E-state index in [0.29, 0.717) is 18.3 Å². The zero-order valence-electron chi connectivity index (χ0n) is 10.9. The molecule has 6 nitrogen and oxygen atoms in total. The van der Waals surface area contributed by atoms with Gasteiger partial charge in [-0.25, -0.2) is 4.98 Å². The molecule has 1 aliphatic rings. The molecule has 3 N–H and O–H groups in total. The Morgan fingerprint density at radius 1 is 1.50 bits per heavy atom. The summed E-state index contributed by atoms with van der Waals surface area (Å²) in [7, 11) is 0. The maximum absolute atomic E-state index is 12.2. The second-order valence-corrected chi connectivity index (χ2v) is 4.83. The number of carbonyl (C=O) groups excluding carboxylic acids is 1. The lowest BCUT2D eigenvalue weighted by Crippen LogP contribution is -2.40. The van der Waals surface area contributed by atoms with E-state index < -0.39 is 0 Å². The minimum atomic E-state index is -0.0657. The number of nitrogens with zero attached hydrogens (tertiary/aromatic N) is 3. The second-order valence-electron chi connectivity index (χ2n) is 4.83. The van der Waals surface area contributed by atoms with Gasteiger partial charge in [-0.15, -0.1) is 5.10 Å². The number of H-pyrrole nitrogens is 1. The Balaban J connectivity index is 1.94. The number of aryl methyl sites for hydroxylation is 1. The summed E-state index contributed by atoms with van der Waals surface area (Å²) >= 11 is 0. The van der Waals surface area contributed by atoms with E-state index >= 15 is 0 Å².